The van der Waals surface area contributed by atoms with E-state index in [1.54, 1.807) is 16.4 Å². The van der Waals surface area contributed by atoms with Gasteiger partial charge >= 0.3 is 6.18 Å². The van der Waals surface area contributed by atoms with Crippen LogP contribution in [0.4, 0.5) is 18.9 Å². The summed E-state index contributed by atoms with van der Waals surface area (Å²) in [5, 5.41) is 17.3. The van der Waals surface area contributed by atoms with Gasteiger partial charge in [0.1, 0.15) is 12.9 Å². The molecule has 270 valence electrons. The van der Waals surface area contributed by atoms with Crippen LogP contribution in [0.15, 0.2) is 35.4 Å². The topological polar surface area (TPSA) is 157 Å². The quantitative estimate of drug-likeness (QED) is 0.290. The molecule has 0 atom stereocenters. The minimum absolute atomic E-state index is 0.00122. The Labute approximate surface area is 295 Å². The highest BCUT2D eigenvalue weighted by atomic mass is 35.5. The number of rotatable bonds is 5. The van der Waals surface area contributed by atoms with Gasteiger partial charge in [-0.15, -0.1) is 5.10 Å². The van der Waals surface area contributed by atoms with Gasteiger partial charge in [-0.2, -0.15) is 22.7 Å². The number of aromatic hydroxyl groups is 1. The zero-order valence-corrected chi connectivity index (χ0v) is 28.9. The second-order valence-corrected chi connectivity index (χ2v) is 12.8. The van der Waals surface area contributed by atoms with E-state index in [0.29, 0.717) is 75.5 Å². The van der Waals surface area contributed by atoms with Crippen LogP contribution in [-0.2, 0) is 34.1 Å². The summed E-state index contributed by atoms with van der Waals surface area (Å²) in [6.07, 6.45) is 0.886. The molecule has 0 saturated carbocycles. The van der Waals surface area contributed by atoms with E-state index in [9.17, 15) is 32.7 Å². The third kappa shape index (κ3) is 6.69. The number of piperidine rings is 1. The fourth-order valence-electron chi connectivity index (χ4n) is 6.94. The van der Waals surface area contributed by atoms with E-state index in [0.717, 1.165) is 23.8 Å². The predicted molar refractivity (Wildman–Crippen MR) is 181 cm³/mol. The number of nitrogens with zero attached hydrogens (tertiary/aromatic N) is 7. The Hall–Kier alpha value is -4.83. The van der Waals surface area contributed by atoms with Crippen LogP contribution < -0.4 is 10.9 Å². The number of hydrogen-bond acceptors (Lipinski definition) is 9. The van der Waals surface area contributed by atoms with Gasteiger partial charge in [-0.3, -0.25) is 14.4 Å². The van der Waals surface area contributed by atoms with Crippen molar-refractivity contribution < 1.29 is 32.6 Å². The molecule has 2 amide bonds. The Morgan fingerprint density at radius 2 is 1.86 bits per heavy atom. The Morgan fingerprint density at radius 1 is 1.12 bits per heavy atom. The lowest BCUT2D eigenvalue weighted by molar-refractivity contribution is -0.137. The molecule has 51 heavy (non-hydrogen) atoms. The van der Waals surface area contributed by atoms with Gasteiger partial charge in [0.05, 0.1) is 35.2 Å². The number of anilines is 1. The van der Waals surface area contributed by atoms with Crippen molar-refractivity contribution >= 4 is 40.5 Å². The number of halogens is 4. The highest BCUT2D eigenvalue weighted by molar-refractivity contribution is 6.33. The fraction of sp³-hybridized carbons (Fsp3) is 0.441. The van der Waals surface area contributed by atoms with Gasteiger partial charge < -0.3 is 24.6 Å². The van der Waals surface area contributed by atoms with E-state index in [2.05, 4.69) is 25.4 Å². The first kappa shape index (κ1) is 36.0. The molecule has 13 nitrogen and oxygen atoms in total. The molecule has 2 N–H and O–H groups in total. The third-order valence-electron chi connectivity index (χ3n) is 9.56. The molecule has 5 heterocycles. The van der Waals surface area contributed by atoms with E-state index in [1.807, 2.05) is 19.9 Å². The molecule has 3 aliphatic rings. The first-order valence-electron chi connectivity index (χ1n) is 16.6. The van der Waals surface area contributed by atoms with Crippen molar-refractivity contribution in [2.75, 3.05) is 31.6 Å². The molecule has 4 aromatic rings. The second-order valence-electron chi connectivity index (χ2n) is 12.4. The number of likely N-dealkylation sites (tertiary alicyclic amines) is 1. The minimum atomic E-state index is -4.60. The van der Waals surface area contributed by atoms with Gasteiger partial charge in [-0.1, -0.05) is 31.5 Å². The van der Waals surface area contributed by atoms with E-state index in [1.165, 1.54) is 10.8 Å². The van der Waals surface area contributed by atoms with Gasteiger partial charge in [0, 0.05) is 29.8 Å². The standard InChI is InChI=1S/C32H30ClF3N8O5.C2H6/c1-17-26(46)25(38-16-37-17)29(48)42-10-8-31(9-11-42)7-4-22-24(31)28(47)44-30(40-27(41-44)18-5-12-49-13-6-18)43(22)15-23(45)39-21-3-2-19(14-20(21)33)32(34,35)36;1-2/h2-3,5,14,16,46H,4,6-13,15H2,1H3,(H,39,45);1-2H3. The smallest absolute Gasteiger partial charge is 0.416 e. The Kier molecular flexibility index (Phi) is 9.92. The van der Waals surface area contributed by atoms with Crippen LogP contribution in [0.3, 0.4) is 0 Å². The summed E-state index contributed by atoms with van der Waals surface area (Å²) in [6, 6.07) is 2.66. The monoisotopic (exact) mass is 728 g/mol. The number of aromatic nitrogens is 6. The van der Waals surface area contributed by atoms with Crippen LogP contribution in [0, 0.1) is 6.92 Å². The molecule has 1 aromatic carbocycles. The number of amides is 2. The maximum atomic E-state index is 14.3. The maximum absolute atomic E-state index is 14.3. The number of alkyl halides is 3. The van der Waals surface area contributed by atoms with Crippen molar-refractivity contribution in [1.82, 2.24) is 34.0 Å². The van der Waals surface area contributed by atoms with Gasteiger partial charge in [-0.05, 0) is 62.8 Å². The number of carbonyl (C=O) groups excluding carboxylic acids is 2. The summed E-state index contributed by atoms with van der Waals surface area (Å²) >= 11 is 6.11. The van der Waals surface area contributed by atoms with Crippen LogP contribution in [0.5, 0.6) is 5.75 Å². The van der Waals surface area contributed by atoms with Crippen molar-refractivity contribution in [3.05, 3.63) is 80.0 Å². The average molecular weight is 729 g/mol. The minimum Gasteiger partial charge on any atom is -0.504 e. The molecule has 2 aliphatic heterocycles. The Morgan fingerprint density at radius 3 is 2.53 bits per heavy atom. The van der Waals surface area contributed by atoms with Crippen molar-refractivity contribution in [3.63, 3.8) is 0 Å². The summed E-state index contributed by atoms with van der Waals surface area (Å²) in [4.78, 5) is 55.2. The molecule has 17 heteroatoms. The third-order valence-corrected chi connectivity index (χ3v) is 9.87. The first-order chi connectivity index (χ1) is 24.4. The molecule has 1 saturated heterocycles. The first-order valence-corrected chi connectivity index (χ1v) is 17.0. The predicted octanol–water partition coefficient (Wildman–Crippen LogP) is 4.96. The van der Waals surface area contributed by atoms with Gasteiger partial charge in [0.2, 0.25) is 11.7 Å². The number of carbonyl (C=O) groups is 2. The number of ether oxygens (including phenoxy) is 1. The van der Waals surface area contributed by atoms with Crippen LogP contribution in [0.2, 0.25) is 5.02 Å². The molecule has 0 radical (unpaired) electrons. The van der Waals surface area contributed by atoms with Crippen molar-refractivity contribution in [3.8, 4) is 5.75 Å². The zero-order valence-electron chi connectivity index (χ0n) is 28.2. The summed E-state index contributed by atoms with van der Waals surface area (Å²) in [6.45, 7) is 6.67. The number of benzene rings is 1. The van der Waals surface area contributed by atoms with Crippen LogP contribution in [-0.4, -0.2) is 77.3 Å². The van der Waals surface area contributed by atoms with Crippen LogP contribution in [0.25, 0.3) is 11.4 Å². The summed E-state index contributed by atoms with van der Waals surface area (Å²) in [5.41, 5.74) is 0.162. The highest BCUT2D eigenvalue weighted by Gasteiger charge is 2.46. The van der Waals surface area contributed by atoms with Gasteiger partial charge in [0.25, 0.3) is 11.5 Å². The number of aryl methyl sites for hydroxylation is 1. The average Bonchev–Trinajstić information content (AvgIpc) is 3.73. The zero-order chi connectivity index (χ0) is 36.7. The molecule has 0 bridgehead atoms. The normalized spacial score (nSPS) is 16.8. The van der Waals surface area contributed by atoms with Crippen molar-refractivity contribution in [1.29, 1.82) is 0 Å². The maximum Gasteiger partial charge on any atom is 0.416 e. The molecule has 3 aromatic heterocycles. The van der Waals surface area contributed by atoms with Crippen molar-refractivity contribution in [2.24, 2.45) is 0 Å². The number of hydrogen-bond donors (Lipinski definition) is 2. The van der Waals surface area contributed by atoms with E-state index in [-0.39, 0.29) is 45.7 Å². The summed E-state index contributed by atoms with van der Waals surface area (Å²) < 4.78 is 47.8. The molecule has 1 fully saturated rings. The highest BCUT2D eigenvalue weighted by Crippen LogP contribution is 2.45. The molecule has 7 rings (SSSR count). The SMILES string of the molecule is CC.Cc1ncnc(C(=O)N2CCC3(CCc4c3c(=O)n3nc(C5=CCOCC5)nc3n4CC(=O)Nc3ccc(C(F)(F)F)cc3Cl)CC2)c1O. The van der Waals surface area contributed by atoms with Crippen LogP contribution >= 0.6 is 11.6 Å². The molecule has 1 spiro atoms. The second kappa shape index (κ2) is 14.1. The van der Waals surface area contributed by atoms with E-state index >= 15 is 0 Å². The molecular weight excluding hydrogens is 693 g/mol. The lowest BCUT2D eigenvalue weighted by atomic mass is 9.74. The fourth-order valence-corrected chi connectivity index (χ4v) is 7.17. The lowest BCUT2D eigenvalue weighted by Gasteiger charge is -2.39. The van der Waals surface area contributed by atoms with Gasteiger partial charge in [0.15, 0.2) is 17.3 Å². The molecular formula is C34H36ClF3N8O5. The van der Waals surface area contributed by atoms with Crippen molar-refractivity contribution in [2.45, 2.75) is 71.0 Å². The summed E-state index contributed by atoms with van der Waals surface area (Å²) in [5.74, 6) is -0.821. The van der Waals surface area contributed by atoms with Gasteiger partial charge in [-0.25, -0.2) is 9.97 Å². The van der Waals surface area contributed by atoms with Crippen LogP contribution in [0.1, 0.15) is 78.4 Å². The van der Waals surface area contributed by atoms with E-state index < -0.39 is 29.0 Å². The Bertz CT molecular complexity index is 2100. The molecule has 0 unspecified atom stereocenters. The molecule has 1 aliphatic carbocycles. The summed E-state index contributed by atoms with van der Waals surface area (Å²) in [7, 11) is 0. The number of fused-ring (bicyclic) bond motifs is 3. The lowest BCUT2D eigenvalue weighted by Crippen LogP contribution is -2.46. The largest absolute Gasteiger partial charge is 0.504 e. The Balaban J connectivity index is 0.00000220. The van der Waals surface area contributed by atoms with E-state index in [4.69, 9.17) is 16.3 Å². The number of nitrogens with one attached hydrogen (secondary N) is 1.